The summed E-state index contributed by atoms with van der Waals surface area (Å²) in [5.74, 6) is -1.43. The van der Waals surface area contributed by atoms with E-state index in [4.69, 9.17) is 17.8 Å². The molecule has 0 saturated carbocycles. The number of nitrogens with one attached hydrogen (secondary N) is 1. The van der Waals surface area contributed by atoms with Crippen LogP contribution in [0.1, 0.15) is 82.4 Å². The van der Waals surface area contributed by atoms with Gasteiger partial charge in [0.15, 0.2) is 5.78 Å². The van der Waals surface area contributed by atoms with E-state index in [1.165, 1.54) is 13.8 Å². The van der Waals surface area contributed by atoms with Crippen LogP contribution >= 0.6 is 0 Å². The SMILES string of the molecule is [2H]C([2H])([2H])[C@@](C)(O)[C@H](NC(=O)OC(C)(C)C)C(=O)CC.[2H]C([2H])([2H])[C@@]1(C)[C@H](C)C(=O)N1OCc1ccccc1. The standard InChI is InChI=1S/C13H17NO2.C12H23NO4/c1-10-12(15)14(13(10,2)3)16-9-11-7-5-4-6-8-11;1-7-8(14)9(12(5,6)16)13-10(15)17-11(2,3)4/h4-8,10H,9H2,1-3H3;9,16H,7H2,1-6H3,(H,13,15)/t10-;9-/m11/s1/i2D3;5D3/t10-,13-;9-,12+. The summed E-state index contributed by atoms with van der Waals surface area (Å²) in [6.07, 6.45) is -0.971. The van der Waals surface area contributed by atoms with Crippen LogP contribution in [0.25, 0.3) is 0 Å². The zero-order chi connectivity index (χ0) is 30.6. The molecular formula is C25H40N2O6. The number of hydrogen-bond donors (Lipinski definition) is 2. The van der Waals surface area contributed by atoms with Gasteiger partial charge >= 0.3 is 6.09 Å². The summed E-state index contributed by atoms with van der Waals surface area (Å²) in [6.45, 7) is 5.66. The number of hydrogen-bond acceptors (Lipinski definition) is 6. The van der Waals surface area contributed by atoms with Gasteiger partial charge in [-0.2, -0.15) is 0 Å². The van der Waals surface area contributed by atoms with Crippen molar-refractivity contribution in [1.82, 2.24) is 10.4 Å². The highest BCUT2D eigenvalue weighted by Gasteiger charge is 2.52. The van der Waals surface area contributed by atoms with Gasteiger partial charge in [-0.15, -0.1) is 0 Å². The summed E-state index contributed by atoms with van der Waals surface area (Å²) in [4.78, 5) is 40.7. The molecule has 2 rings (SSSR count). The Balaban J connectivity index is 0.000000390. The first kappa shape index (κ1) is 20.0. The molecule has 0 bridgehead atoms. The molecule has 1 aromatic carbocycles. The average molecular weight is 471 g/mol. The largest absolute Gasteiger partial charge is 0.444 e. The average Bonchev–Trinajstić information content (AvgIpc) is 2.80. The number of carbonyl (C=O) groups excluding carboxylic acids is 3. The summed E-state index contributed by atoms with van der Waals surface area (Å²) in [7, 11) is 0. The van der Waals surface area contributed by atoms with E-state index in [2.05, 4.69) is 5.32 Å². The van der Waals surface area contributed by atoms with Gasteiger partial charge in [0.25, 0.3) is 5.91 Å². The third-order valence-electron chi connectivity index (χ3n) is 4.93. The molecule has 2 amide bonds. The van der Waals surface area contributed by atoms with Crippen LogP contribution in [-0.2, 0) is 25.8 Å². The van der Waals surface area contributed by atoms with Crippen molar-refractivity contribution in [3.63, 3.8) is 0 Å². The van der Waals surface area contributed by atoms with Crippen LogP contribution in [0.4, 0.5) is 4.79 Å². The molecule has 0 unspecified atom stereocenters. The van der Waals surface area contributed by atoms with Crippen LogP contribution in [0.2, 0.25) is 0 Å². The highest BCUT2D eigenvalue weighted by molar-refractivity contribution is 5.88. The van der Waals surface area contributed by atoms with Gasteiger partial charge in [0.2, 0.25) is 0 Å². The molecular weight excluding hydrogens is 424 g/mol. The van der Waals surface area contributed by atoms with Crippen LogP contribution in [0, 0.1) is 5.92 Å². The molecule has 1 aliphatic rings. The lowest BCUT2D eigenvalue weighted by molar-refractivity contribution is -0.270. The maximum Gasteiger partial charge on any atom is 0.408 e. The first-order valence-corrected chi connectivity index (χ1v) is 10.8. The number of ether oxygens (including phenoxy) is 1. The van der Waals surface area contributed by atoms with E-state index in [-0.39, 0.29) is 18.9 Å². The molecule has 0 aliphatic carbocycles. The Hall–Kier alpha value is -2.45. The van der Waals surface area contributed by atoms with Crippen LogP contribution in [0.5, 0.6) is 0 Å². The topological polar surface area (TPSA) is 105 Å². The Morgan fingerprint density at radius 1 is 1.27 bits per heavy atom. The lowest BCUT2D eigenvalue weighted by atomic mass is 9.80. The first-order valence-electron chi connectivity index (χ1n) is 13.8. The van der Waals surface area contributed by atoms with Crippen molar-refractivity contribution in [2.45, 2.75) is 98.0 Å². The van der Waals surface area contributed by atoms with E-state index in [1.807, 2.05) is 30.3 Å². The Kier molecular flexibility index (Phi) is 6.73. The Morgan fingerprint density at radius 2 is 1.88 bits per heavy atom. The van der Waals surface area contributed by atoms with Gasteiger partial charge in [0, 0.05) is 14.6 Å². The molecule has 1 saturated heterocycles. The molecule has 4 atom stereocenters. The maximum atomic E-state index is 11.8. The van der Waals surface area contributed by atoms with Crippen LogP contribution in [0.3, 0.4) is 0 Å². The molecule has 0 aromatic heterocycles. The monoisotopic (exact) mass is 470 g/mol. The lowest BCUT2D eigenvalue weighted by Crippen LogP contribution is -2.66. The first-order chi connectivity index (χ1) is 17.5. The highest BCUT2D eigenvalue weighted by Crippen LogP contribution is 2.37. The molecule has 1 aromatic rings. The lowest BCUT2D eigenvalue weighted by Gasteiger charge is -2.50. The number of carbonyl (C=O) groups is 3. The van der Waals surface area contributed by atoms with Gasteiger partial charge in [-0.05, 0) is 53.9 Å². The third-order valence-corrected chi connectivity index (χ3v) is 4.93. The van der Waals surface area contributed by atoms with Gasteiger partial charge < -0.3 is 15.2 Å². The Labute approximate surface area is 206 Å². The third kappa shape index (κ3) is 8.44. The van der Waals surface area contributed by atoms with Gasteiger partial charge in [-0.1, -0.05) is 44.2 Å². The summed E-state index contributed by atoms with van der Waals surface area (Å²) in [5, 5.41) is 13.3. The van der Waals surface area contributed by atoms with Crippen molar-refractivity contribution in [2.75, 3.05) is 0 Å². The van der Waals surface area contributed by atoms with Crippen LogP contribution < -0.4 is 5.32 Å². The molecule has 8 nitrogen and oxygen atoms in total. The molecule has 33 heavy (non-hydrogen) atoms. The summed E-state index contributed by atoms with van der Waals surface area (Å²) >= 11 is 0. The number of ketones is 1. The fourth-order valence-electron chi connectivity index (χ4n) is 2.83. The second-order valence-electron chi connectivity index (χ2n) is 9.31. The minimum Gasteiger partial charge on any atom is -0.444 e. The zero-order valence-electron chi connectivity index (χ0n) is 26.4. The minimum absolute atomic E-state index is 0.0211. The van der Waals surface area contributed by atoms with Crippen molar-refractivity contribution in [1.29, 1.82) is 0 Å². The summed E-state index contributed by atoms with van der Waals surface area (Å²) < 4.78 is 49.6. The van der Waals surface area contributed by atoms with E-state index < -0.39 is 54.3 Å². The second-order valence-corrected chi connectivity index (χ2v) is 9.31. The number of rotatable bonds is 7. The number of alkyl carbamates (subject to hydrolysis) is 1. The van der Waals surface area contributed by atoms with Crippen LogP contribution in [-0.4, -0.2) is 50.7 Å². The fourth-order valence-corrected chi connectivity index (χ4v) is 2.83. The number of aliphatic hydroxyl groups is 1. The Morgan fingerprint density at radius 3 is 2.36 bits per heavy atom. The number of amides is 2. The van der Waals surface area contributed by atoms with E-state index in [0.717, 1.165) is 17.6 Å². The van der Waals surface area contributed by atoms with E-state index in [9.17, 15) is 19.5 Å². The van der Waals surface area contributed by atoms with Crippen molar-refractivity contribution in [2.24, 2.45) is 5.92 Å². The number of β-lactam (4-membered cyclic amide) rings is 1. The molecule has 186 valence electrons. The summed E-state index contributed by atoms with van der Waals surface area (Å²) in [6, 6.07) is 7.77. The van der Waals surface area contributed by atoms with E-state index >= 15 is 0 Å². The van der Waals surface area contributed by atoms with E-state index in [1.54, 1.807) is 27.7 Å². The number of Topliss-reactive ketones (excluding diaryl/α,β-unsaturated/α-hetero) is 1. The molecule has 0 spiro atoms. The molecule has 2 N–H and O–H groups in total. The van der Waals surface area contributed by atoms with Crippen molar-refractivity contribution in [3.05, 3.63) is 35.9 Å². The fraction of sp³-hybridized carbons (Fsp3) is 0.640. The van der Waals surface area contributed by atoms with Gasteiger partial charge in [0.1, 0.15) is 18.2 Å². The second kappa shape index (κ2) is 11.1. The smallest absolute Gasteiger partial charge is 0.408 e. The number of nitrogens with zero attached hydrogens (tertiary/aromatic N) is 1. The minimum atomic E-state index is -2.82. The maximum absolute atomic E-state index is 11.8. The predicted molar refractivity (Wildman–Crippen MR) is 126 cm³/mol. The zero-order valence-corrected chi connectivity index (χ0v) is 20.4. The predicted octanol–water partition coefficient (Wildman–Crippen LogP) is 4.00. The molecule has 0 radical (unpaired) electrons. The van der Waals surface area contributed by atoms with Gasteiger partial charge in [-0.25, -0.2) is 9.86 Å². The quantitative estimate of drug-likeness (QED) is 0.584. The van der Waals surface area contributed by atoms with Crippen LogP contribution in [0.15, 0.2) is 30.3 Å². The van der Waals surface area contributed by atoms with Gasteiger partial charge in [-0.3, -0.25) is 14.4 Å². The normalized spacial score (nSPS) is 26.2. The molecule has 1 heterocycles. The Bertz CT molecular complexity index is 1010. The van der Waals surface area contributed by atoms with Crippen molar-refractivity contribution in [3.8, 4) is 0 Å². The molecule has 1 aliphatic heterocycles. The van der Waals surface area contributed by atoms with Crippen molar-refractivity contribution < 1.29 is 37.3 Å². The highest BCUT2D eigenvalue weighted by atomic mass is 16.7. The number of hydroxylamine groups is 2. The van der Waals surface area contributed by atoms with Crippen molar-refractivity contribution >= 4 is 17.8 Å². The number of benzene rings is 1. The van der Waals surface area contributed by atoms with E-state index in [0.29, 0.717) is 0 Å². The van der Waals surface area contributed by atoms with Gasteiger partial charge in [0.05, 0.1) is 17.1 Å². The summed E-state index contributed by atoms with van der Waals surface area (Å²) in [5.41, 5.74) is -3.53. The molecule has 1 fully saturated rings. The molecule has 8 heteroatoms.